The fourth-order valence-corrected chi connectivity index (χ4v) is 6.93. The van der Waals surface area contributed by atoms with Gasteiger partial charge in [-0.3, -0.25) is 9.05 Å². The van der Waals surface area contributed by atoms with Gasteiger partial charge in [-0.1, -0.05) is 19.6 Å². The van der Waals surface area contributed by atoms with E-state index < -0.39 is 136 Å². The normalized spacial score (nSPS) is 41.8. The minimum absolute atomic E-state index is 0.0815. The van der Waals surface area contributed by atoms with Gasteiger partial charge in [0.1, 0.15) is 73.2 Å². The summed E-state index contributed by atoms with van der Waals surface area (Å²) in [5, 5.41) is 80.7. The molecule has 3 fully saturated rings. The lowest BCUT2D eigenvalue weighted by Crippen LogP contribution is -2.65. The molecule has 0 saturated carbocycles. The largest absolute Gasteiger partial charge is 0.470 e. The van der Waals surface area contributed by atoms with Crippen LogP contribution in [0.1, 0.15) is 0 Å². The summed E-state index contributed by atoms with van der Waals surface area (Å²) in [5.41, 5.74) is 0. The van der Waals surface area contributed by atoms with Crippen LogP contribution < -0.4 is 0 Å². The number of phosphoric acid groups is 2. The van der Waals surface area contributed by atoms with E-state index in [1.54, 1.807) is 0 Å². The summed E-state index contributed by atoms with van der Waals surface area (Å²) in [6.07, 6.45) is -28.2. The third-order valence-electron chi connectivity index (χ3n) is 7.66. The lowest BCUT2D eigenvalue weighted by Gasteiger charge is -2.48. The molecule has 0 aliphatic carbocycles. The Balaban J connectivity index is 2.02. The van der Waals surface area contributed by atoms with Gasteiger partial charge in [0.15, 0.2) is 18.9 Å². The highest BCUT2D eigenvalue weighted by Crippen LogP contribution is 2.48. The summed E-state index contributed by atoms with van der Waals surface area (Å²) in [6, 6.07) is 0.470. The van der Waals surface area contributed by atoms with E-state index in [-0.39, 0.29) is 6.61 Å². The molecule has 12 N–H and O–H groups in total. The Labute approximate surface area is 275 Å². The fraction of sp³-hybridized carbons (Fsp3) is 1.00. The predicted molar refractivity (Wildman–Crippen MR) is 155 cm³/mol. The fourth-order valence-electron chi connectivity index (χ4n) is 5.07. The van der Waals surface area contributed by atoms with Crippen molar-refractivity contribution in [1.82, 2.24) is 0 Å². The van der Waals surface area contributed by atoms with Crippen LogP contribution in [-0.2, 0) is 46.6 Å². The summed E-state index contributed by atoms with van der Waals surface area (Å²) >= 11 is 0. The van der Waals surface area contributed by atoms with Crippen molar-refractivity contribution in [1.29, 1.82) is 0 Å². The average molecular weight is 765 g/mol. The number of aliphatic hydroxyl groups is 8. The molecule has 15 atom stereocenters. The maximum atomic E-state index is 12.2. The predicted octanol–water partition coefficient (Wildman–Crippen LogP) is -4.98. The molecule has 25 heteroatoms. The van der Waals surface area contributed by atoms with Crippen molar-refractivity contribution >= 4 is 23.7 Å². The van der Waals surface area contributed by atoms with E-state index in [9.17, 15) is 69.6 Å². The Bertz CT molecular complexity index is 1100. The first-order chi connectivity index (χ1) is 22.1. The lowest BCUT2D eigenvalue weighted by molar-refractivity contribution is -0.369. The van der Waals surface area contributed by atoms with Gasteiger partial charge in [0, 0.05) is 14.7 Å². The Morgan fingerprint density at radius 1 is 0.583 bits per heavy atom. The molecule has 284 valence electrons. The Morgan fingerprint density at radius 3 is 1.52 bits per heavy atom. The van der Waals surface area contributed by atoms with E-state index in [0.717, 1.165) is 0 Å². The van der Waals surface area contributed by atoms with Crippen molar-refractivity contribution < 1.29 is 107 Å². The zero-order chi connectivity index (χ0) is 36.4. The molecule has 0 spiro atoms. The number of rotatable bonds is 15. The Hall–Kier alpha value is -0.123. The third kappa shape index (κ3) is 11.4. The second kappa shape index (κ2) is 17.1. The minimum Gasteiger partial charge on any atom is -0.394 e. The van der Waals surface area contributed by atoms with Crippen LogP contribution in [0.15, 0.2) is 0 Å². The van der Waals surface area contributed by atoms with E-state index in [4.69, 9.17) is 37.5 Å². The quantitative estimate of drug-likeness (QED) is 0.0549. The van der Waals surface area contributed by atoms with Gasteiger partial charge in [0.25, 0.3) is 0 Å². The van der Waals surface area contributed by atoms with Crippen molar-refractivity contribution in [2.75, 3.05) is 26.4 Å². The summed E-state index contributed by atoms with van der Waals surface area (Å²) in [5.74, 6) is 0. The second-order valence-electron chi connectivity index (χ2n) is 12.7. The molecule has 0 aromatic heterocycles. The van der Waals surface area contributed by atoms with Crippen LogP contribution in [0.25, 0.3) is 0 Å². The number of aliphatic hydroxyl groups excluding tert-OH is 8. The van der Waals surface area contributed by atoms with Crippen LogP contribution in [0, 0.1) is 0 Å². The van der Waals surface area contributed by atoms with Crippen LogP contribution in [0.4, 0.5) is 0 Å². The lowest BCUT2D eigenvalue weighted by atomic mass is 9.97. The highest BCUT2D eigenvalue weighted by molar-refractivity contribution is 7.46. The smallest absolute Gasteiger partial charge is 0.394 e. The van der Waals surface area contributed by atoms with Gasteiger partial charge in [-0.05, 0) is 6.04 Å². The standard InChI is InChI=1S/C23H46O22P2Si/c1-48(2,3)5-4-38-23-20(43-22-17(31)15(29)13(27)10(7-25)41-22)19(45-47(35,36)37)18(44-46(32,33)34)11(42-23)8-39-21-16(30)14(28)12(26)9(6-24)40-21/h9-31H,4-8H2,1-3H3,(H2,32,33,34)(H2,35,36,37)/t9-,10-,11-,12+,13+,14+,15+,16-,17-,18+,19+,20-,21-,22+,23-/m1/s1. The highest BCUT2D eigenvalue weighted by atomic mass is 31.2. The number of hydrogen-bond acceptors (Lipinski definition) is 18. The molecule has 0 bridgehead atoms. The zero-order valence-corrected chi connectivity index (χ0v) is 28.8. The summed E-state index contributed by atoms with van der Waals surface area (Å²) < 4.78 is 67.5. The topological polar surface area (TPSA) is 351 Å². The van der Waals surface area contributed by atoms with Crippen molar-refractivity contribution in [3.05, 3.63) is 0 Å². The number of ether oxygens (including phenoxy) is 6. The van der Waals surface area contributed by atoms with Crippen molar-refractivity contribution in [3.63, 3.8) is 0 Å². The van der Waals surface area contributed by atoms with Crippen LogP contribution in [0.2, 0.25) is 25.7 Å². The first kappa shape index (κ1) is 42.3. The molecule has 22 nitrogen and oxygen atoms in total. The van der Waals surface area contributed by atoms with E-state index >= 15 is 0 Å². The summed E-state index contributed by atoms with van der Waals surface area (Å²) in [6.45, 7) is 3.28. The number of hydrogen-bond donors (Lipinski definition) is 12. The molecule has 0 aromatic rings. The molecule has 0 amide bonds. The highest BCUT2D eigenvalue weighted by Gasteiger charge is 2.56. The van der Waals surface area contributed by atoms with Crippen LogP contribution in [0.5, 0.6) is 0 Å². The van der Waals surface area contributed by atoms with E-state index in [0.29, 0.717) is 6.04 Å². The number of phosphoric ester groups is 2. The van der Waals surface area contributed by atoms with Crippen molar-refractivity contribution in [2.45, 2.75) is 118 Å². The van der Waals surface area contributed by atoms with Crippen molar-refractivity contribution in [3.8, 4) is 0 Å². The molecule has 3 aliphatic heterocycles. The molecular weight excluding hydrogens is 718 g/mol. The van der Waals surface area contributed by atoms with Gasteiger partial charge in [-0.25, -0.2) is 9.13 Å². The molecule has 3 saturated heterocycles. The van der Waals surface area contributed by atoms with Crippen LogP contribution in [0.3, 0.4) is 0 Å². The van der Waals surface area contributed by atoms with Gasteiger partial charge in [0.05, 0.1) is 19.8 Å². The van der Waals surface area contributed by atoms with E-state index in [2.05, 4.69) is 0 Å². The van der Waals surface area contributed by atoms with Gasteiger partial charge >= 0.3 is 15.6 Å². The molecule has 48 heavy (non-hydrogen) atoms. The van der Waals surface area contributed by atoms with E-state index in [1.165, 1.54) is 0 Å². The van der Waals surface area contributed by atoms with Gasteiger partial charge in [-0.2, -0.15) is 0 Å². The zero-order valence-electron chi connectivity index (χ0n) is 26.0. The minimum atomic E-state index is -5.62. The Morgan fingerprint density at radius 2 is 1.04 bits per heavy atom. The average Bonchev–Trinajstić information content (AvgIpc) is 2.96. The van der Waals surface area contributed by atoms with E-state index in [1.807, 2.05) is 19.6 Å². The first-order valence-corrected chi connectivity index (χ1v) is 21.5. The maximum Gasteiger partial charge on any atom is 0.470 e. The van der Waals surface area contributed by atoms with Gasteiger partial charge in [0.2, 0.25) is 0 Å². The first-order valence-electron chi connectivity index (χ1n) is 14.7. The monoisotopic (exact) mass is 764 g/mol. The SMILES string of the molecule is C[Si](C)(C)CCO[C@@H]1O[C@H](CO[C@@H]2O[C@H](CO)[C@H](O)[C@H](O)[C@H]2O)[C@H](OP(=O)(O)O)[C@H](OP(=O)(O)O)[C@H]1O[C@@H]1O[C@H](CO)[C@H](O)[C@H](O)[C@H]1O. The molecular formula is C23H46O22P2Si. The summed E-state index contributed by atoms with van der Waals surface area (Å²) in [4.78, 5) is 39.1. The van der Waals surface area contributed by atoms with Crippen LogP contribution in [-0.4, -0.2) is 187 Å². The molecule has 3 aliphatic rings. The Kier molecular flexibility index (Phi) is 15.1. The van der Waals surface area contributed by atoms with Gasteiger partial charge < -0.3 is 88.8 Å². The molecule has 3 heterocycles. The molecule has 3 rings (SSSR count). The summed E-state index contributed by atoms with van der Waals surface area (Å²) in [7, 11) is -13.0. The van der Waals surface area contributed by atoms with Crippen molar-refractivity contribution in [2.24, 2.45) is 0 Å². The molecule has 0 unspecified atom stereocenters. The third-order valence-corrected chi connectivity index (χ3v) is 10.4. The molecule has 0 aromatic carbocycles. The van der Waals surface area contributed by atoms with Crippen LogP contribution >= 0.6 is 15.6 Å². The van der Waals surface area contributed by atoms with Gasteiger partial charge in [-0.15, -0.1) is 0 Å². The maximum absolute atomic E-state index is 12.2. The molecule has 0 radical (unpaired) electrons. The second-order valence-corrected chi connectivity index (χ2v) is 20.7.